The molecule has 0 radical (unpaired) electrons. The van der Waals surface area contributed by atoms with Crippen LogP contribution in [0.25, 0.3) is 0 Å². The Morgan fingerprint density at radius 2 is 2.30 bits per heavy atom. The first kappa shape index (κ1) is 13.1. The summed E-state index contributed by atoms with van der Waals surface area (Å²) in [4.78, 5) is 16.3. The Hall–Kier alpha value is -1.88. The fourth-order valence-corrected chi connectivity index (χ4v) is 3.19. The quantitative estimate of drug-likeness (QED) is 0.912. The molecule has 1 aliphatic carbocycles. The number of nitrogens with zero attached hydrogens (tertiary/aromatic N) is 1. The second-order valence-corrected chi connectivity index (χ2v) is 6.04. The highest BCUT2D eigenvalue weighted by molar-refractivity contribution is 7.09. The van der Waals surface area contributed by atoms with Gasteiger partial charge < -0.3 is 10.6 Å². The zero-order chi connectivity index (χ0) is 13.9. The van der Waals surface area contributed by atoms with Gasteiger partial charge in [-0.15, -0.1) is 11.3 Å². The van der Waals surface area contributed by atoms with Crippen molar-refractivity contribution in [3.05, 3.63) is 51.5 Å². The number of fused-ring (bicyclic) bond motifs is 1. The van der Waals surface area contributed by atoms with E-state index in [1.54, 1.807) is 11.3 Å². The van der Waals surface area contributed by atoms with Gasteiger partial charge in [-0.25, -0.2) is 9.78 Å². The maximum atomic E-state index is 11.9. The normalized spacial score (nSPS) is 16.8. The molecule has 0 spiro atoms. The summed E-state index contributed by atoms with van der Waals surface area (Å²) in [6.45, 7) is 2.44. The molecule has 0 saturated heterocycles. The van der Waals surface area contributed by atoms with Crippen LogP contribution in [0.1, 0.15) is 34.3 Å². The van der Waals surface area contributed by atoms with E-state index < -0.39 is 0 Å². The number of nitrogens with one attached hydrogen (secondary N) is 2. The minimum atomic E-state index is -0.127. The van der Waals surface area contributed by atoms with Gasteiger partial charge in [0.15, 0.2) is 0 Å². The number of thiazole rings is 1. The number of carbonyl (C=O) groups is 1. The van der Waals surface area contributed by atoms with Crippen LogP contribution in [-0.4, -0.2) is 11.0 Å². The monoisotopic (exact) mass is 287 g/mol. The van der Waals surface area contributed by atoms with E-state index in [0.29, 0.717) is 6.54 Å². The van der Waals surface area contributed by atoms with Crippen LogP contribution < -0.4 is 10.6 Å². The highest BCUT2D eigenvalue weighted by Gasteiger charge is 2.23. The van der Waals surface area contributed by atoms with Crippen LogP contribution >= 0.6 is 11.3 Å². The lowest BCUT2D eigenvalue weighted by Gasteiger charge is -2.14. The van der Waals surface area contributed by atoms with Crippen molar-refractivity contribution in [1.29, 1.82) is 0 Å². The van der Waals surface area contributed by atoms with Crippen molar-refractivity contribution in [1.82, 2.24) is 15.6 Å². The van der Waals surface area contributed by atoms with Crippen molar-refractivity contribution in [3.8, 4) is 0 Å². The van der Waals surface area contributed by atoms with Crippen LogP contribution in [-0.2, 0) is 13.0 Å². The molecule has 20 heavy (non-hydrogen) atoms. The second-order valence-electron chi connectivity index (χ2n) is 4.97. The summed E-state index contributed by atoms with van der Waals surface area (Å²) in [5.74, 6) is 0. The molecule has 1 aromatic carbocycles. The molecule has 2 N–H and O–H groups in total. The summed E-state index contributed by atoms with van der Waals surface area (Å²) >= 11 is 1.60. The van der Waals surface area contributed by atoms with Gasteiger partial charge in [-0.2, -0.15) is 0 Å². The number of benzene rings is 1. The molecule has 104 valence electrons. The van der Waals surface area contributed by atoms with E-state index in [1.807, 2.05) is 24.4 Å². The van der Waals surface area contributed by atoms with Gasteiger partial charge in [0.25, 0.3) is 0 Å². The average Bonchev–Trinajstić information content (AvgIpc) is 3.04. The average molecular weight is 287 g/mol. The van der Waals surface area contributed by atoms with Crippen molar-refractivity contribution >= 4 is 17.4 Å². The van der Waals surface area contributed by atoms with Crippen LogP contribution in [0.3, 0.4) is 0 Å². The van der Waals surface area contributed by atoms with E-state index in [2.05, 4.69) is 27.8 Å². The Labute approximate surface area is 122 Å². The molecule has 0 bridgehead atoms. The van der Waals surface area contributed by atoms with Crippen molar-refractivity contribution in [2.24, 2.45) is 0 Å². The van der Waals surface area contributed by atoms with E-state index in [1.165, 1.54) is 11.1 Å². The SMILES string of the molecule is Cc1nc(CNC(=O)N[C@H]2CCc3ccccc32)cs1. The van der Waals surface area contributed by atoms with E-state index in [0.717, 1.165) is 23.5 Å². The lowest BCUT2D eigenvalue weighted by Crippen LogP contribution is -2.37. The Bertz CT molecular complexity index is 623. The third kappa shape index (κ3) is 2.82. The molecule has 0 unspecified atom stereocenters. The summed E-state index contributed by atoms with van der Waals surface area (Å²) in [7, 11) is 0. The first-order valence-electron chi connectivity index (χ1n) is 6.75. The summed E-state index contributed by atoms with van der Waals surface area (Å²) in [5, 5.41) is 8.89. The number of hydrogen-bond donors (Lipinski definition) is 2. The lowest BCUT2D eigenvalue weighted by atomic mass is 10.1. The van der Waals surface area contributed by atoms with Crippen molar-refractivity contribution in [3.63, 3.8) is 0 Å². The summed E-state index contributed by atoms with van der Waals surface area (Å²) in [6.07, 6.45) is 2.01. The number of carbonyl (C=O) groups excluding carboxylic acids is 1. The van der Waals surface area contributed by atoms with E-state index in [4.69, 9.17) is 0 Å². The standard InChI is InChI=1S/C15H17N3OS/c1-10-17-12(9-20-10)8-16-15(19)18-14-7-6-11-4-2-3-5-13(11)14/h2-5,9,14H,6-8H2,1H3,(H2,16,18,19)/t14-/m0/s1. The molecular weight excluding hydrogens is 270 g/mol. The minimum Gasteiger partial charge on any atom is -0.332 e. The van der Waals surface area contributed by atoms with Gasteiger partial charge in [0.2, 0.25) is 0 Å². The molecule has 2 amide bonds. The van der Waals surface area contributed by atoms with Gasteiger partial charge in [-0.3, -0.25) is 0 Å². The van der Waals surface area contributed by atoms with Crippen LogP contribution in [0.2, 0.25) is 0 Å². The van der Waals surface area contributed by atoms with Gasteiger partial charge in [0.1, 0.15) is 0 Å². The summed E-state index contributed by atoms with van der Waals surface area (Å²) in [5.41, 5.74) is 3.49. The molecule has 1 aliphatic rings. The first-order valence-corrected chi connectivity index (χ1v) is 7.63. The number of rotatable bonds is 3. The molecule has 1 aromatic heterocycles. The zero-order valence-electron chi connectivity index (χ0n) is 11.3. The second kappa shape index (κ2) is 5.63. The van der Waals surface area contributed by atoms with Crippen molar-refractivity contribution < 1.29 is 4.79 Å². The largest absolute Gasteiger partial charge is 0.332 e. The summed E-state index contributed by atoms with van der Waals surface area (Å²) < 4.78 is 0. The third-order valence-corrected chi connectivity index (χ3v) is 4.36. The molecule has 3 rings (SSSR count). The molecule has 1 atom stereocenters. The highest BCUT2D eigenvalue weighted by atomic mass is 32.1. The maximum Gasteiger partial charge on any atom is 0.315 e. The molecule has 5 heteroatoms. The van der Waals surface area contributed by atoms with Crippen molar-refractivity contribution in [2.75, 3.05) is 0 Å². The van der Waals surface area contributed by atoms with Crippen LogP contribution in [0.15, 0.2) is 29.6 Å². The Kier molecular flexibility index (Phi) is 3.69. The van der Waals surface area contributed by atoms with Gasteiger partial charge in [0.05, 0.1) is 23.3 Å². The maximum absolute atomic E-state index is 11.9. The van der Waals surface area contributed by atoms with E-state index in [-0.39, 0.29) is 12.1 Å². The van der Waals surface area contributed by atoms with Gasteiger partial charge in [-0.1, -0.05) is 24.3 Å². The topological polar surface area (TPSA) is 54.0 Å². The Morgan fingerprint density at radius 1 is 1.45 bits per heavy atom. The number of hydrogen-bond acceptors (Lipinski definition) is 3. The minimum absolute atomic E-state index is 0.127. The lowest BCUT2D eigenvalue weighted by molar-refractivity contribution is 0.236. The molecule has 1 heterocycles. The number of urea groups is 1. The molecular formula is C15H17N3OS. The first-order chi connectivity index (χ1) is 9.72. The smallest absolute Gasteiger partial charge is 0.315 e. The molecule has 4 nitrogen and oxygen atoms in total. The van der Waals surface area contributed by atoms with Crippen LogP contribution in [0.4, 0.5) is 4.79 Å². The molecule has 0 aliphatic heterocycles. The predicted octanol–water partition coefficient (Wildman–Crippen LogP) is 2.94. The molecule has 0 fully saturated rings. The zero-order valence-corrected chi connectivity index (χ0v) is 12.2. The number of aromatic nitrogens is 1. The van der Waals surface area contributed by atoms with E-state index >= 15 is 0 Å². The third-order valence-electron chi connectivity index (χ3n) is 3.53. The van der Waals surface area contributed by atoms with Gasteiger partial charge >= 0.3 is 6.03 Å². The molecule has 2 aromatic rings. The summed E-state index contributed by atoms with van der Waals surface area (Å²) in [6, 6.07) is 8.30. The van der Waals surface area contributed by atoms with E-state index in [9.17, 15) is 4.79 Å². The Morgan fingerprint density at radius 3 is 3.10 bits per heavy atom. The Balaban J connectivity index is 1.55. The van der Waals surface area contributed by atoms with Crippen LogP contribution in [0, 0.1) is 6.92 Å². The van der Waals surface area contributed by atoms with Crippen LogP contribution in [0.5, 0.6) is 0 Å². The van der Waals surface area contributed by atoms with Gasteiger partial charge in [-0.05, 0) is 30.9 Å². The number of amides is 2. The number of aryl methyl sites for hydroxylation is 2. The fraction of sp³-hybridized carbons (Fsp3) is 0.333. The van der Waals surface area contributed by atoms with Crippen molar-refractivity contribution in [2.45, 2.75) is 32.4 Å². The van der Waals surface area contributed by atoms with Gasteiger partial charge in [0, 0.05) is 5.38 Å². The highest BCUT2D eigenvalue weighted by Crippen LogP contribution is 2.30. The predicted molar refractivity (Wildman–Crippen MR) is 79.7 cm³/mol. The fourth-order valence-electron chi connectivity index (χ4n) is 2.58. The molecule has 0 saturated carbocycles.